The maximum Gasteiger partial charge on any atom is 0.0518 e. The standard InChI is InChI=1S/C15H16BrCl2NS/c1-3-6-19-9(2)13-4-5-14(20-13)15-11(17)7-10(16)8-12(15)18/h4-5,7-9,19H,3,6H2,1-2H3. The van der Waals surface area contributed by atoms with E-state index < -0.39 is 0 Å². The summed E-state index contributed by atoms with van der Waals surface area (Å²) in [7, 11) is 0. The Bertz CT molecular complexity index is 574. The first kappa shape index (κ1) is 16.3. The highest BCUT2D eigenvalue weighted by atomic mass is 79.9. The Balaban J connectivity index is 2.29. The molecule has 0 spiro atoms. The Labute approximate surface area is 142 Å². The van der Waals surface area contributed by atoms with Gasteiger partial charge in [0.15, 0.2) is 0 Å². The van der Waals surface area contributed by atoms with Crippen LogP contribution in [0.15, 0.2) is 28.7 Å². The summed E-state index contributed by atoms with van der Waals surface area (Å²) in [5, 5.41) is 4.83. The van der Waals surface area contributed by atoms with Gasteiger partial charge in [-0.3, -0.25) is 0 Å². The normalized spacial score (nSPS) is 12.7. The molecule has 5 heteroatoms. The molecule has 1 unspecified atom stereocenters. The topological polar surface area (TPSA) is 12.0 Å². The number of halogens is 3. The van der Waals surface area contributed by atoms with E-state index in [2.05, 4.69) is 47.2 Å². The largest absolute Gasteiger partial charge is 0.309 e. The minimum Gasteiger partial charge on any atom is -0.309 e. The van der Waals surface area contributed by atoms with Gasteiger partial charge >= 0.3 is 0 Å². The monoisotopic (exact) mass is 391 g/mol. The van der Waals surface area contributed by atoms with E-state index in [9.17, 15) is 0 Å². The summed E-state index contributed by atoms with van der Waals surface area (Å²) >= 11 is 17.8. The van der Waals surface area contributed by atoms with Crippen LogP contribution in [0.25, 0.3) is 10.4 Å². The molecule has 1 N–H and O–H groups in total. The molecule has 0 bridgehead atoms. The van der Waals surface area contributed by atoms with Crippen molar-refractivity contribution >= 4 is 50.5 Å². The van der Waals surface area contributed by atoms with E-state index in [0.29, 0.717) is 16.1 Å². The van der Waals surface area contributed by atoms with Crippen molar-refractivity contribution in [2.45, 2.75) is 26.3 Å². The van der Waals surface area contributed by atoms with Crippen LogP contribution in [-0.4, -0.2) is 6.54 Å². The highest BCUT2D eigenvalue weighted by Crippen LogP contribution is 2.41. The van der Waals surface area contributed by atoms with Gasteiger partial charge in [-0.1, -0.05) is 46.1 Å². The van der Waals surface area contributed by atoms with Crippen molar-refractivity contribution in [1.82, 2.24) is 5.32 Å². The Hall–Kier alpha value is -0.0600. The van der Waals surface area contributed by atoms with Crippen LogP contribution in [0.2, 0.25) is 10.0 Å². The minimum absolute atomic E-state index is 0.349. The van der Waals surface area contributed by atoms with Crippen LogP contribution >= 0.6 is 50.5 Å². The van der Waals surface area contributed by atoms with Crippen molar-refractivity contribution in [2.24, 2.45) is 0 Å². The molecule has 1 heterocycles. The van der Waals surface area contributed by atoms with Gasteiger partial charge in [0.25, 0.3) is 0 Å². The Morgan fingerprint density at radius 1 is 1.25 bits per heavy atom. The first-order valence-corrected chi connectivity index (χ1v) is 8.87. The maximum absolute atomic E-state index is 6.32. The van der Waals surface area contributed by atoms with E-state index in [1.165, 1.54) is 4.88 Å². The van der Waals surface area contributed by atoms with Crippen LogP contribution < -0.4 is 5.32 Å². The molecule has 1 aromatic heterocycles. The summed E-state index contributed by atoms with van der Waals surface area (Å²) in [6.07, 6.45) is 1.13. The van der Waals surface area contributed by atoms with E-state index in [0.717, 1.165) is 27.9 Å². The van der Waals surface area contributed by atoms with Gasteiger partial charge in [0.05, 0.1) is 10.0 Å². The molecule has 1 nitrogen and oxygen atoms in total. The zero-order valence-electron chi connectivity index (χ0n) is 11.3. The van der Waals surface area contributed by atoms with Gasteiger partial charge in [-0.15, -0.1) is 11.3 Å². The number of nitrogens with one attached hydrogen (secondary N) is 1. The third kappa shape index (κ3) is 3.77. The van der Waals surface area contributed by atoms with Gasteiger partial charge in [0.1, 0.15) is 0 Å². The van der Waals surface area contributed by atoms with Crippen LogP contribution in [-0.2, 0) is 0 Å². The second-order valence-corrected chi connectivity index (χ2v) is 7.47. The van der Waals surface area contributed by atoms with Crippen LogP contribution in [0.4, 0.5) is 0 Å². The zero-order chi connectivity index (χ0) is 14.7. The molecule has 0 fully saturated rings. The van der Waals surface area contributed by atoms with Gasteiger partial charge in [0, 0.05) is 25.8 Å². The van der Waals surface area contributed by atoms with Crippen molar-refractivity contribution in [2.75, 3.05) is 6.54 Å². The van der Waals surface area contributed by atoms with Gasteiger partial charge < -0.3 is 5.32 Å². The Kier molecular flexibility index (Phi) is 5.94. The lowest BCUT2D eigenvalue weighted by Gasteiger charge is -2.10. The van der Waals surface area contributed by atoms with Crippen molar-refractivity contribution < 1.29 is 0 Å². The number of thiophene rings is 1. The molecule has 0 amide bonds. The lowest BCUT2D eigenvalue weighted by Crippen LogP contribution is -2.18. The molecule has 0 saturated carbocycles. The van der Waals surface area contributed by atoms with Gasteiger partial charge in [-0.2, -0.15) is 0 Å². The van der Waals surface area contributed by atoms with E-state index >= 15 is 0 Å². The average Bonchev–Trinajstić information content (AvgIpc) is 2.84. The second kappa shape index (κ2) is 7.28. The van der Waals surface area contributed by atoms with Crippen LogP contribution in [0.3, 0.4) is 0 Å². The predicted octanol–water partition coefficient (Wildman–Crippen LogP) is 6.55. The van der Waals surface area contributed by atoms with Crippen molar-refractivity contribution in [3.05, 3.63) is 43.7 Å². The van der Waals surface area contributed by atoms with E-state index in [-0.39, 0.29) is 0 Å². The Morgan fingerprint density at radius 3 is 2.50 bits per heavy atom. The smallest absolute Gasteiger partial charge is 0.0518 e. The zero-order valence-corrected chi connectivity index (χ0v) is 15.3. The lowest BCUT2D eigenvalue weighted by molar-refractivity contribution is 0.578. The van der Waals surface area contributed by atoms with Gasteiger partial charge in [-0.05, 0) is 44.2 Å². The van der Waals surface area contributed by atoms with E-state index in [4.69, 9.17) is 23.2 Å². The molecule has 0 aliphatic carbocycles. The average molecular weight is 393 g/mol. The minimum atomic E-state index is 0.349. The van der Waals surface area contributed by atoms with E-state index in [1.807, 2.05) is 12.1 Å². The van der Waals surface area contributed by atoms with Gasteiger partial charge in [-0.25, -0.2) is 0 Å². The second-order valence-electron chi connectivity index (χ2n) is 4.62. The van der Waals surface area contributed by atoms with Gasteiger partial charge in [0.2, 0.25) is 0 Å². The quantitative estimate of drug-likeness (QED) is 0.608. The van der Waals surface area contributed by atoms with Crippen molar-refractivity contribution in [1.29, 1.82) is 0 Å². The molecule has 108 valence electrons. The van der Waals surface area contributed by atoms with Crippen LogP contribution in [0, 0.1) is 0 Å². The third-order valence-electron chi connectivity index (χ3n) is 3.01. The summed E-state index contributed by atoms with van der Waals surface area (Å²) in [4.78, 5) is 2.40. The lowest BCUT2D eigenvalue weighted by atomic mass is 10.2. The molecule has 0 saturated heterocycles. The Morgan fingerprint density at radius 2 is 1.90 bits per heavy atom. The maximum atomic E-state index is 6.32. The molecule has 0 aliphatic heterocycles. The molecular weight excluding hydrogens is 377 g/mol. The van der Waals surface area contributed by atoms with Crippen molar-refractivity contribution in [3.8, 4) is 10.4 Å². The van der Waals surface area contributed by atoms with Crippen molar-refractivity contribution in [3.63, 3.8) is 0 Å². The van der Waals surface area contributed by atoms with Crippen LogP contribution in [0.1, 0.15) is 31.2 Å². The first-order valence-electron chi connectivity index (χ1n) is 6.51. The first-order chi connectivity index (χ1) is 9.52. The predicted molar refractivity (Wildman–Crippen MR) is 94.2 cm³/mol. The highest BCUT2D eigenvalue weighted by Gasteiger charge is 2.14. The highest BCUT2D eigenvalue weighted by molar-refractivity contribution is 9.10. The summed E-state index contributed by atoms with van der Waals surface area (Å²) < 4.78 is 0.894. The molecule has 2 rings (SSSR count). The number of hydrogen-bond donors (Lipinski definition) is 1. The summed E-state index contributed by atoms with van der Waals surface area (Å²) in [5.74, 6) is 0. The molecule has 1 atom stereocenters. The number of hydrogen-bond acceptors (Lipinski definition) is 2. The number of rotatable bonds is 5. The summed E-state index contributed by atoms with van der Waals surface area (Å²) in [5.41, 5.74) is 0.912. The summed E-state index contributed by atoms with van der Waals surface area (Å²) in [6, 6.07) is 8.33. The number of benzene rings is 1. The molecule has 0 radical (unpaired) electrons. The molecule has 0 aliphatic rings. The fourth-order valence-electron chi connectivity index (χ4n) is 1.96. The molecule has 20 heavy (non-hydrogen) atoms. The third-order valence-corrected chi connectivity index (χ3v) is 5.35. The molecule has 1 aromatic carbocycles. The molecular formula is C15H16BrCl2NS. The fourth-order valence-corrected chi connectivity index (χ4v) is 4.59. The SMILES string of the molecule is CCCNC(C)c1ccc(-c2c(Cl)cc(Br)cc2Cl)s1. The fraction of sp³-hybridized carbons (Fsp3) is 0.333. The summed E-state index contributed by atoms with van der Waals surface area (Å²) in [6.45, 7) is 5.37. The van der Waals surface area contributed by atoms with E-state index in [1.54, 1.807) is 11.3 Å². The molecule has 2 aromatic rings. The van der Waals surface area contributed by atoms with Crippen LogP contribution in [0.5, 0.6) is 0 Å².